The fraction of sp³-hybridized carbons (Fsp3) is 0.118. The highest BCUT2D eigenvalue weighted by Crippen LogP contribution is 2.32. The van der Waals surface area contributed by atoms with E-state index in [0.29, 0.717) is 22.8 Å². The van der Waals surface area contributed by atoms with Crippen molar-refractivity contribution in [3.63, 3.8) is 0 Å². The topological polar surface area (TPSA) is 80.3 Å². The fourth-order valence-electron chi connectivity index (χ4n) is 2.38. The number of hydrogen-bond acceptors (Lipinski definition) is 6. The van der Waals surface area contributed by atoms with Crippen LogP contribution in [0.1, 0.15) is 17.4 Å². The Morgan fingerprint density at radius 3 is 3.00 bits per heavy atom. The molecule has 0 bridgehead atoms. The Morgan fingerprint density at radius 1 is 1.32 bits per heavy atom. The molecule has 2 N–H and O–H groups in total. The third kappa shape index (κ3) is 3.13. The van der Waals surface area contributed by atoms with Gasteiger partial charge in [0.05, 0.1) is 5.69 Å². The predicted molar refractivity (Wildman–Crippen MR) is 98.5 cm³/mol. The summed E-state index contributed by atoms with van der Waals surface area (Å²) >= 11 is 3.02. The summed E-state index contributed by atoms with van der Waals surface area (Å²) in [7, 11) is 0. The number of nitrogens with one attached hydrogen (secondary N) is 2. The Labute approximate surface area is 151 Å². The number of carbonyl (C=O) groups is 2. The van der Waals surface area contributed by atoms with Gasteiger partial charge in [0, 0.05) is 22.0 Å². The highest BCUT2D eigenvalue weighted by atomic mass is 32.1. The van der Waals surface area contributed by atoms with E-state index in [9.17, 15) is 9.59 Å². The molecular weight excluding hydrogens is 358 g/mol. The summed E-state index contributed by atoms with van der Waals surface area (Å²) < 4.78 is 5.50. The summed E-state index contributed by atoms with van der Waals surface area (Å²) in [6.07, 6.45) is -0.529. The molecule has 0 aliphatic carbocycles. The number of aromatic nitrogens is 1. The zero-order valence-corrected chi connectivity index (χ0v) is 14.7. The zero-order chi connectivity index (χ0) is 17.4. The van der Waals surface area contributed by atoms with Crippen LogP contribution < -0.4 is 15.4 Å². The van der Waals surface area contributed by atoms with Gasteiger partial charge in [0.2, 0.25) is 0 Å². The Balaban J connectivity index is 1.52. The lowest BCUT2D eigenvalue weighted by molar-refractivity contribution is -0.122. The highest BCUT2D eigenvalue weighted by Gasteiger charge is 2.23. The van der Waals surface area contributed by atoms with Crippen molar-refractivity contribution in [3.8, 4) is 16.3 Å². The molecule has 0 fully saturated rings. The molecule has 1 unspecified atom stereocenters. The van der Waals surface area contributed by atoms with Gasteiger partial charge in [-0.05, 0) is 36.6 Å². The molecule has 8 heteroatoms. The van der Waals surface area contributed by atoms with Gasteiger partial charge in [-0.2, -0.15) is 11.3 Å². The van der Waals surface area contributed by atoms with Gasteiger partial charge in [-0.25, -0.2) is 4.98 Å². The molecule has 1 aliphatic rings. The van der Waals surface area contributed by atoms with E-state index in [1.807, 2.05) is 16.8 Å². The van der Waals surface area contributed by atoms with E-state index < -0.39 is 6.10 Å². The van der Waals surface area contributed by atoms with E-state index in [1.54, 1.807) is 41.8 Å². The van der Waals surface area contributed by atoms with Crippen LogP contribution in [0.5, 0.6) is 5.75 Å². The Hall–Kier alpha value is -2.71. The van der Waals surface area contributed by atoms with Crippen LogP contribution in [-0.4, -0.2) is 22.9 Å². The van der Waals surface area contributed by atoms with Gasteiger partial charge >= 0.3 is 0 Å². The number of fused-ring (bicyclic) bond motifs is 1. The molecule has 1 aliphatic heterocycles. The summed E-state index contributed by atoms with van der Waals surface area (Å²) in [4.78, 5) is 28.5. The predicted octanol–water partition coefficient (Wildman–Crippen LogP) is 3.84. The van der Waals surface area contributed by atoms with E-state index in [4.69, 9.17) is 4.74 Å². The minimum atomic E-state index is -0.529. The third-order valence-corrected chi connectivity index (χ3v) is 5.25. The largest absolute Gasteiger partial charge is 0.479 e. The summed E-state index contributed by atoms with van der Waals surface area (Å²) in [5, 5.41) is 12.1. The first-order valence-corrected chi connectivity index (χ1v) is 9.33. The molecule has 0 saturated heterocycles. The van der Waals surface area contributed by atoms with Gasteiger partial charge in [-0.1, -0.05) is 0 Å². The number of ether oxygens (including phenoxy) is 1. The van der Waals surface area contributed by atoms with Crippen molar-refractivity contribution in [3.05, 3.63) is 46.1 Å². The molecule has 3 heterocycles. The molecule has 4 rings (SSSR count). The number of benzene rings is 1. The average Bonchev–Trinajstić information content (AvgIpc) is 3.27. The second kappa shape index (κ2) is 6.30. The minimum Gasteiger partial charge on any atom is -0.479 e. The smallest absolute Gasteiger partial charge is 0.275 e. The second-order valence-corrected chi connectivity index (χ2v) is 7.10. The monoisotopic (exact) mass is 371 g/mol. The van der Waals surface area contributed by atoms with E-state index >= 15 is 0 Å². The van der Waals surface area contributed by atoms with E-state index in [0.717, 1.165) is 10.6 Å². The lowest BCUT2D eigenvalue weighted by atomic mass is 10.2. The maximum atomic E-state index is 12.4. The molecule has 25 heavy (non-hydrogen) atoms. The number of carbonyl (C=O) groups excluding carboxylic acids is 2. The first-order valence-electron chi connectivity index (χ1n) is 7.51. The average molecular weight is 371 g/mol. The molecule has 2 aromatic heterocycles. The van der Waals surface area contributed by atoms with Crippen molar-refractivity contribution in [1.29, 1.82) is 0 Å². The van der Waals surface area contributed by atoms with E-state index in [2.05, 4.69) is 15.6 Å². The standard InChI is InChI=1S/C17H13N3O3S2/c1-9-15(21)19-12-6-11(2-3-14(12)23-9)18-16(22)13-8-25-17(20-13)10-4-5-24-7-10/h2-9H,1H3,(H,18,22)(H,19,21). The first kappa shape index (κ1) is 15.8. The van der Waals surface area contributed by atoms with Gasteiger partial charge in [0.1, 0.15) is 16.5 Å². The fourth-order valence-corrected chi connectivity index (χ4v) is 3.89. The molecule has 0 radical (unpaired) electrons. The lowest BCUT2D eigenvalue weighted by Gasteiger charge is -2.23. The van der Waals surface area contributed by atoms with Crippen LogP contribution in [0.4, 0.5) is 11.4 Å². The molecule has 0 saturated carbocycles. The summed E-state index contributed by atoms with van der Waals surface area (Å²) in [6.45, 7) is 1.68. The summed E-state index contributed by atoms with van der Waals surface area (Å²) in [5.74, 6) is 0.0727. The number of rotatable bonds is 3. The van der Waals surface area contributed by atoms with Crippen LogP contribution in [0, 0.1) is 0 Å². The van der Waals surface area contributed by atoms with Gasteiger partial charge in [0.15, 0.2) is 6.10 Å². The SMILES string of the molecule is CC1Oc2ccc(NC(=O)c3csc(-c4ccsc4)n3)cc2NC1=O. The summed E-state index contributed by atoms with van der Waals surface area (Å²) in [6, 6.07) is 7.09. The molecule has 1 atom stereocenters. The van der Waals surface area contributed by atoms with Crippen LogP contribution in [0.3, 0.4) is 0 Å². The van der Waals surface area contributed by atoms with Crippen LogP contribution in [0.25, 0.3) is 10.6 Å². The van der Waals surface area contributed by atoms with Crippen LogP contribution in [0.15, 0.2) is 40.4 Å². The summed E-state index contributed by atoms with van der Waals surface area (Å²) in [5.41, 5.74) is 2.47. The number of thiazole rings is 1. The van der Waals surface area contributed by atoms with Gasteiger partial charge in [0.25, 0.3) is 11.8 Å². The molecule has 3 aromatic rings. The minimum absolute atomic E-state index is 0.212. The van der Waals surface area contributed by atoms with Gasteiger partial charge in [-0.15, -0.1) is 11.3 Å². The number of thiophene rings is 1. The number of anilines is 2. The molecule has 6 nitrogen and oxygen atoms in total. The third-order valence-electron chi connectivity index (χ3n) is 3.67. The zero-order valence-electron chi connectivity index (χ0n) is 13.1. The van der Waals surface area contributed by atoms with Crippen molar-refractivity contribution in [2.24, 2.45) is 0 Å². The van der Waals surface area contributed by atoms with Crippen LogP contribution in [-0.2, 0) is 4.79 Å². The Bertz CT molecular complexity index is 950. The Kier molecular flexibility index (Phi) is 3.98. The maximum absolute atomic E-state index is 12.4. The van der Waals surface area contributed by atoms with E-state index in [-0.39, 0.29) is 11.8 Å². The van der Waals surface area contributed by atoms with Crippen molar-refractivity contribution >= 4 is 45.9 Å². The van der Waals surface area contributed by atoms with Crippen molar-refractivity contribution in [2.45, 2.75) is 13.0 Å². The number of hydrogen-bond donors (Lipinski definition) is 2. The number of amides is 2. The molecule has 0 spiro atoms. The van der Waals surface area contributed by atoms with Gasteiger partial charge in [-0.3, -0.25) is 9.59 Å². The molecular formula is C17H13N3O3S2. The van der Waals surface area contributed by atoms with Crippen molar-refractivity contribution < 1.29 is 14.3 Å². The van der Waals surface area contributed by atoms with Gasteiger partial charge < -0.3 is 15.4 Å². The molecule has 2 amide bonds. The highest BCUT2D eigenvalue weighted by molar-refractivity contribution is 7.14. The quantitative estimate of drug-likeness (QED) is 0.733. The molecule has 1 aromatic carbocycles. The van der Waals surface area contributed by atoms with Crippen LogP contribution in [0.2, 0.25) is 0 Å². The second-order valence-electron chi connectivity index (χ2n) is 5.46. The number of nitrogens with zero attached hydrogens (tertiary/aromatic N) is 1. The normalized spacial score (nSPS) is 15.9. The van der Waals surface area contributed by atoms with E-state index in [1.165, 1.54) is 11.3 Å². The first-order chi connectivity index (χ1) is 12.1. The Morgan fingerprint density at radius 2 is 2.20 bits per heavy atom. The van der Waals surface area contributed by atoms with Crippen molar-refractivity contribution in [2.75, 3.05) is 10.6 Å². The van der Waals surface area contributed by atoms with Crippen LogP contribution >= 0.6 is 22.7 Å². The lowest BCUT2D eigenvalue weighted by Crippen LogP contribution is -2.34. The van der Waals surface area contributed by atoms with Crippen molar-refractivity contribution in [1.82, 2.24) is 4.98 Å². The maximum Gasteiger partial charge on any atom is 0.275 e. The molecule has 126 valence electrons.